The number of imidazole rings is 1. The number of ether oxygens (including phenoxy) is 1. The number of carbonyl (C=O) groups is 2. The van der Waals surface area contributed by atoms with Crippen molar-refractivity contribution in [2.45, 2.75) is 12.5 Å². The molecule has 0 aliphatic heterocycles. The van der Waals surface area contributed by atoms with Gasteiger partial charge in [-0.3, -0.25) is 10.1 Å². The van der Waals surface area contributed by atoms with E-state index in [1.807, 2.05) is 12.1 Å². The summed E-state index contributed by atoms with van der Waals surface area (Å²) in [5.41, 5.74) is 7.48. The maximum Gasteiger partial charge on any atom is 0.321 e. The van der Waals surface area contributed by atoms with Crippen LogP contribution >= 0.6 is 0 Å². The van der Waals surface area contributed by atoms with E-state index in [4.69, 9.17) is 10.5 Å². The summed E-state index contributed by atoms with van der Waals surface area (Å²) in [4.78, 5) is 35.3. The highest BCUT2D eigenvalue weighted by Gasteiger charge is 2.19. The first kappa shape index (κ1) is 22.5. The minimum Gasteiger partial charge on any atom is -0.457 e. The van der Waals surface area contributed by atoms with Crippen molar-refractivity contribution in [1.82, 2.24) is 20.3 Å². The van der Waals surface area contributed by atoms with Gasteiger partial charge >= 0.3 is 6.03 Å². The molecule has 9 nitrogen and oxygen atoms in total. The molecule has 2 heterocycles. The van der Waals surface area contributed by atoms with Crippen molar-refractivity contribution < 1.29 is 18.7 Å². The number of pyridine rings is 1. The molecule has 0 saturated carbocycles. The fourth-order valence-electron chi connectivity index (χ4n) is 3.15. The fourth-order valence-corrected chi connectivity index (χ4v) is 3.15. The summed E-state index contributed by atoms with van der Waals surface area (Å²) in [6.07, 6.45) is 3.21. The van der Waals surface area contributed by atoms with Crippen LogP contribution < -0.4 is 21.1 Å². The van der Waals surface area contributed by atoms with Gasteiger partial charge in [0.25, 0.3) is 0 Å². The van der Waals surface area contributed by atoms with Gasteiger partial charge in [-0.05, 0) is 60.7 Å². The number of nitrogens with two attached hydrogens (primary N) is 1. The number of aromatic nitrogens is 3. The summed E-state index contributed by atoms with van der Waals surface area (Å²) in [6.45, 7) is 0. The molecule has 0 bridgehead atoms. The van der Waals surface area contributed by atoms with E-state index in [9.17, 15) is 14.0 Å². The largest absolute Gasteiger partial charge is 0.457 e. The normalized spacial score (nSPS) is 11.4. The van der Waals surface area contributed by atoms with E-state index in [2.05, 4.69) is 25.6 Å². The number of anilines is 1. The molecule has 0 radical (unpaired) electrons. The Labute approximate surface area is 194 Å². The lowest BCUT2D eigenvalue weighted by Crippen LogP contribution is -2.47. The standard InChI is InChI=1S/C24H21FN6O3/c25-16-6-10-19(11-7-16)34-18-8-4-15(5-9-18)20-2-1-3-22(29-20)31-24(33)30-21(23(26)32)12-17-13-27-14-28-17/h1-11,13-14,21H,12H2,(H2,26,32)(H,27,28)(H2,29,30,31,33). The van der Waals surface area contributed by atoms with Crippen molar-refractivity contribution in [3.8, 4) is 22.8 Å². The Bertz CT molecular complexity index is 1260. The second kappa shape index (κ2) is 10.3. The number of amides is 3. The van der Waals surface area contributed by atoms with Crippen LogP contribution in [0.2, 0.25) is 0 Å². The number of primary amides is 1. The number of hydrogen-bond donors (Lipinski definition) is 4. The summed E-state index contributed by atoms with van der Waals surface area (Å²) in [5.74, 6) is 0.393. The Morgan fingerprint density at radius 2 is 1.74 bits per heavy atom. The Morgan fingerprint density at radius 1 is 1.03 bits per heavy atom. The second-order valence-electron chi connectivity index (χ2n) is 7.32. The third-order valence-electron chi connectivity index (χ3n) is 4.82. The van der Waals surface area contributed by atoms with Gasteiger partial charge in [0.15, 0.2) is 0 Å². The molecule has 1 atom stereocenters. The summed E-state index contributed by atoms with van der Waals surface area (Å²) in [6, 6.07) is 16.5. The van der Waals surface area contributed by atoms with Gasteiger partial charge in [-0.15, -0.1) is 0 Å². The lowest BCUT2D eigenvalue weighted by Gasteiger charge is -2.15. The molecule has 4 rings (SSSR count). The van der Waals surface area contributed by atoms with Crippen LogP contribution in [0.3, 0.4) is 0 Å². The number of halogens is 1. The van der Waals surface area contributed by atoms with Crippen molar-refractivity contribution >= 4 is 17.8 Å². The lowest BCUT2D eigenvalue weighted by atomic mass is 10.1. The number of carbonyl (C=O) groups excluding carboxylic acids is 2. The molecule has 3 amide bonds. The Hall–Kier alpha value is -4.73. The van der Waals surface area contributed by atoms with Gasteiger partial charge in [0.2, 0.25) is 5.91 Å². The zero-order chi connectivity index (χ0) is 23.9. The molecule has 0 saturated heterocycles. The summed E-state index contributed by atoms with van der Waals surface area (Å²) in [7, 11) is 0. The molecule has 172 valence electrons. The Kier molecular flexibility index (Phi) is 6.78. The molecule has 2 aromatic carbocycles. The topological polar surface area (TPSA) is 135 Å². The SMILES string of the molecule is NC(=O)C(Cc1cnc[nH]1)NC(=O)Nc1cccc(-c2ccc(Oc3ccc(F)cc3)cc2)n1. The summed E-state index contributed by atoms with van der Waals surface area (Å²) < 4.78 is 18.7. The highest BCUT2D eigenvalue weighted by molar-refractivity contribution is 5.93. The van der Waals surface area contributed by atoms with E-state index in [0.29, 0.717) is 28.7 Å². The summed E-state index contributed by atoms with van der Waals surface area (Å²) >= 11 is 0. The van der Waals surface area contributed by atoms with Crippen LogP contribution in [0, 0.1) is 5.82 Å². The number of urea groups is 1. The van der Waals surface area contributed by atoms with Gasteiger partial charge in [-0.1, -0.05) is 6.07 Å². The highest BCUT2D eigenvalue weighted by atomic mass is 19.1. The number of hydrogen-bond acceptors (Lipinski definition) is 5. The number of rotatable bonds is 8. The van der Waals surface area contributed by atoms with Crippen LogP contribution in [0.5, 0.6) is 11.5 Å². The lowest BCUT2D eigenvalue weighted by molar-refractivity contribution is -0.119. The van der Waals surface area contributed by atoms with Crippen LogP contribution in [-0.4, -0.2) is 32.9 Å². The van der Waals surface area contributed by atoms with Gasteiger partial charge in [-0.25, -0.2) is 19.2 Å². The monoisotopic (exact) mass is 460 g/mol. The number of benzene rings is 2. The average molecular weight is 460 g/mol. The number of aromatic amines is 1. The first-order chi connectivity index (χ1) is 16.5. The van der Waals surface area contributed by atoms with E-state index in [-0.39, 0.29) is 12.2 Å². The van der Waals surface area contributed by atoms with E-state index < -0.39 is 18.0 Å². The molecule has 34 heavy (non-hydrogen) atoms. The molecule has 10 heteroatoms. The maximum atomic E-state index is 13.0. The molecule has 5 N–H and O–H groups in total. The van der Waals surface area contributed by atoms with Crippen molar-refractivity contribution in [2.75, 3.05) is 5.32 Å². The van der Waals surface area contributed by atoms with Crippen LogP contribution in [0.1, 0.15) is 5.69 Å². The van der Waals surface area contributed by atoms with Crippen LogP contribution in [0.25, 0.3) is 11.3 Å². The molecule has 0 aliphatic carbocycles. The molecular weight excluding hydrogens is 439 g/mol. The van der Waals surface area contributed by atoms with Crippen molar-refractivity contribution in [2.24, 2.45) is 5.73 Å². The number of nitrogens with zero attached hydrogens (tertiary/aromatic N) is 2. The van der Waals surface area contributed by atoms with E-state index in [0.717, 1.165) is 5.56 Å². The Balaban J connectivity index is 1.39. The van der Waals surface area contributed by atoms with Crippen LogP contribution in [0.4, 0.5) is 15.0 Å². The Morgan fingerprint density at radius 3 is 2.38 bits per heavy atom. The van der Waals surface area contributed by atoms with E-state index >= 15 is 0 Å². The molecular formula is C24H21FN6O3. The predicted octanol–water partition coefficient (Wildman–Crippen LogP) is 3.62. The maximum absolute atomic E-state index is 13.0. The van der Waals surface area contributed by atoms with Gasteiger partial charge in [0, 0.05) is 23.9 Å². The molecule has 0 aliphatic rings. The quantitative estimate of drug-likeness (QED) is 0.319. The predicted molar refractivity (Wildman–Crippen MR) is 124 cm³/mol. The zero-order valence-electron chi connectivity index (χ0n) is 17.9. The fraction of sp³-hybridized carbons (Fsp3) is 0.0833. The van der Waals surface area contributed by atoms with Gasteiger partial charge in [0.05, 0.1) is 12.0 Å². The smallest absolute Gasteiger partial charge is 0.321 e. The first-order valence-electron chi connectivity index (χ1n) is 10.3. The average Bonchev–Trinajstić information content (AvgIpc) is 3.34. The molecule has 1 unspecified atom stereocenters. The third kappa shape index (κ3) is 5.94. The molecule has 4 aromatic rings. The highest BCUT2D eigenvalue weighted by Crippen LogP contribution is 2.25. The third-order valence-corrected chi connectivity index (χ3v) is 4.82. The molecule has 0 spiro atoms. The van der Waals surface area contributed by atoms with Gasteiger partial charge in [-0.2, -0.15) is 0 Å². The van der Waals surface area contributed by atoms with E-state index in [1.54, 1.807) is 48.7 Å². The zero-order valence-corrected chi connectivity index (χ0v) is 17.9. The van der Waals surface area contributed by atoms with E-state index in [1.165, 1.54) is 18.5 Å². The van der Waals surface area contributed by atoms with Crippen LogP contribution in [0.15, 0.2) is 79.3 Å². The first-order valence-corrected chi connectivity index (χ1v) is 10.3. The minimum atomic E-state index is -0.919. The number of H-pyrrole nitrogens is 1. The van der Waals surface area contributed by atoms with Crippen molar-refractivity contribution in [1.29, 1.82) is 0 Å². The van der Waals surface area contributed by atoms with Gasteiger partial charge < -0.3 is 20.8 Å². The van der Waals surface area contributed by atoms with Gasteiger partial charge in [0.1, 0.15) is 29.2 Å². The van der Waals surface area contributed by atoms with Crippen molar-refractivity contribution in [3.63, 3.8) is 0 Å². The molecule has 0 fully saturated rings. The van der Waals surface area contributed by atoms with Crippen molar-refractivity contribution in [3.05, 3.63) is 90.8 Å². The number of nitrogens with one attached hydrogen (secondary N) is 3. The van der Waals surface area contributed by atoms with Crippen LogP contribution in [-0.2, 0) is 11.2 Å². The summed E-state index contributed by atoms with van der Waals surface area (Å²) in [5, 5.41) is 5.16. The minimum absolute atomic E-state index is 0.183. The second-order valence-corrected chi connectivity index (χ2v) is 7.32. The molecule has 2 aromatic heterocycles.